The number of anilines is 4. The molecule has 0 unspecified atom stereocenters. The lowest BCUT2D eigenvalue weighted by Gasteiger charge is -2.22. The fraction of sp³-hybridized carbons (Fsp3) is 0.500. The zero-order valence-corrected chi connectivity index (χ0v) is 18.4. The van der Waals surface area contributed by atoms with Gasteiger partial charge in [-0.05, 0) is 30.9 Å². The zero-order chi connectivity index (χ0) is 22.9. The van der Waals surface area contributed by atoms with Crippen LogP contribution in [0.25, 0.3) is 0 Å². The number of aromatic nitrogens is 3. The van der Waals surface area contributed by atoms with Crippen molar-refractivity contribution in [1.82, 2.24) is 15.0 Å². The maximum atomic E-state index is 14.1. The standard InChI is InChI=1S/C22H29FN6O3/c1-29(19(31)9-6-12-30)22-27-20(24-14-15-7-4-3-5-8-15)26-21(28-22)25-16-10-11-18(32-2)17(23)13-16/h10-13,15H,3-9,14H2,1-2H3,(H2,24,25,26,27,28). The minimum atomic E-state index is -0.524. The highest BCUT2D eigenvalue weighted by Crippen LogP contribution is 2.25. The van der Waals surface area contributed by atoms with E-state index in [4.69, 9.17) is 4.74 Å². The van der Waals surface area contributed by atoms with Crippen LogP contribution in [0.3, 0.4) is 0 Å². The number of amides is 1. The summed E-state index contributed by atoms with van der Waals surface area (Å²) in [6, 6.07) is 4.41. The zero-order valence-electron chi connectivity index (χ0n) is 18.4. The van der Waals surface area contributed by atoms with Crippen LogP contribution in [0.5, 0.6) is 5.75 Å². The number of halogens is 1. The summed E-state index contributed by atoms with van der Waals surface area (Å²) in [5, 5.41) is 6.22. The van der Waals surface area contributed by atoms with Crippen molar-refractivity contribution in [1.29, 1.82) is 0 Å². The Hall–Kier alpha value is -3.30. The third-order valence-corrected chi connectivity index (χ3v) is 5.46. The summed E-state index contributed by atoms with van der Waals surface area (Å²) in [7, 11) is 2.94. The second-order valence-electron chi connectivity index (χ2n) is 7.80. The van der Waals surface area contributed by atoms with Gasteiger partial charge in [-0.3, -0.25) is 9.69 Å². The van der Waals surface area contributed by atoms with Crippen LogP contribution in [0.4, 0.5) is 27.9 Å². The summed E-state index contributed by atoms with van der Waals surface area (Å²) in [5.41, 5.74) is 0.425. The van der Waals surface area contributed by atoms with Crippen molar-refractivity contribution in [2.45, 2.75) is 44.9 Å². The van der Waals surface area contributed by atoms with Crippen molar-refractivity contribution in [3.8, 4) is 5.75 Å². The molecule has 10 heteroatoms. The van der Waals surface area contributed by atoms with Gasteiger partial charge in [-0.2, -0.15) is 15.0 Å². The maximum absolute atomic E-state index is 14.1. The van der Waals surface area contributed by atoms with E-state index in [1.807, 2.05) is 0 Å². The number of rotatable bonds is 10. The smallest absolute Gasteiger partial charge is 0.238 e. The van der Waals surface area contributed by atoms with Gasteiger partial charge in [0.1, 0.15) is 6.29 Å². The molecular formula is C22H29FN6O3. The summed E-state index contributed by atoms with van der Waals surface area (Å²) < 4.78 is 19.0. The number of nitrogens with zero attached hydrogens (tertiary/aromatic N) is 4. The van der Waals surface area contributed by atoms with Crippen LogP contribution < -0.4 is 20.3 Å². The fourth-order valence-corrected chi connectivity index (χ4v) is 3.61. The Morgan fingerprint density at radius 2 is 1.97 bits per heavy atom. The molecule has 1 fully saturated rings. The van der Waals surface area contributed by atoms with E-state index in [2.05, 4.69) is 25.6 Å². The minimum absolute atomic E-state index is 0.0585. The Morgan fingerprint density at radius 3 is 2.66 bits per heavy atom. The highest BCUT2D eigenvalue weighted by Gasteiger charge is 2.18. The second kappa shape index (κ2) is 11.4. The van der Waals surface area contributed by atoms with Gasteiger partial charge in [0, 0.05) is 38.2 Å². The molecule has 0 saturated heterocycles. The van der Waals surface area contributed by atoms with Crippen LogP contribution >= 0.6 is 0 Å². The van der Waals surface area contributed by atoms with E-state index in [0.29, 0.717) is 23.8 Å². The molecule has 32 heavy (non-hydrogen) atoms. The van der Waals surface area contributed by atoms with Crippen molar-refractivity contribution < 1.29 is 18.7 Å². The summed E-state index contributed by atoms with van der Waals surface area (Å²) in [6.07, 6.45) is 6.90. The summed E-state index contributed by atoms with van der Waals surface area (Å²) in [4.78, 5) is 37.4. The number of methoxy groups -OCH3 is 1. The largest absolute Gasteiger partial charge is 0.494 e. The molecule has 172 valence electrons. The van der Waals surface area contributed by atoms with Crippen LogP contribution in [0.2, 0.25) is 0 Å². The van der Waals surface area contributed by atoms with Crippen molar-refractivity contribution >= 4 is 35.7 Å². The number of nitrogens with one attached hydrogen (secondary N) is 2. The van der Waals surface area contributed by atoms with Gasteiger partial charge in [-0.1, -0.05) is 19.3 Å². The Bertz CT molecular complexity index is 936. The number of carbonyl (C=O) groups is 2. The first-order valence-corrected chi connectivity index (χ1v) is 10.8. The Morgan fingerprint density at radius 1 is 1.22 bits per heavy atom. The molecule has 1 aliphatic rings. The molecule has 3 rings (SSSR count). The van der Waals surface area contributed by atoms with Crippen LogP contribution in [-0.2, 0) is 9.59 Å². The third-order valence-electron chi connectivity index (χ3n) is 5.46. The molecule has 2 N–H and O–H groups in total. The molecule has 1 aromatic heterocycles. The molecule has 0 bridgehead atoms. The molecule has 0 aliphatic heterocycles. The van der Waals surface area contributed by atoms with Crippen LogP contribution in [0.1, 0.15) is 44.9 Å². The highest BCUT2D eigenvalue weighted by molar-refractivity contribution is 5.92. The van der Waals surface area contributed by atoms with Crippen LogP contribution in [0.15, 0.2) is 18.2 Å². The monoisotopic (exact) mass is 444 g/mol. The van der Waals surface area contributed by atoms with E-state index in [1.165, 1.54) is 43.4 Å². The van der Waals surface area contributed by atoms with Crippen molar-refractivity contribution in [3.05, 3.63) is 24.0 Å². The second-order valence-corrected chi connectivity index (χ2v) is 7.80. The van der Waals surface area contributed by atoms with Gasteiger partial charge >= 0.3 is 0 Å². The fourth-order valence-electron chi connectivity index (χ4n) is 3.61. The Kier molecular flexibility index (Phi) is 8.29. The molecule has 0 radical (unpaired) electrons. The Labute approximate surface area is 186 Å². The van der Waals surface area contributed by atoms with Gasteiger partial charge in [0.25, 0.3) is 0 Å². The number of ether oxygens (including phenoxy) is 1. The van der Waals surface area contributed by atoms with E-state index < -0.39 is 5.82 Å². The molecule has 1 aromatic carbocycles. The lowest BCUT2D eigenvalue weighted by molar-refractivity contribution is -0.120. The first-order chi connectivity index (χ1) is 15.5. The summed E-state index contributed by atoms with van der Waals surface area (Å²) in [5.74, 6) is 0.489. The predicted molar refractivity (Wildman–Crippen MR) is 120 cm³/mol. The normalized spacial score (nSPS) is 14.0. The first kappa shape index (κ1) is 23.4. The average molecular weight is 445 g/mol. The quantitative estimate of drug-likeness (QED) is 0.534. The SMILES string of the molecule is COc1ccc(Nc2nc(NCC3CCCCC3)nc(N(C)C(=O)CCC=O)n2)cc1F. The lowest BCUT2D eigenvalue weighted by atomic mass is 9.89. The number of hydrogen-bond acceptors (Lipinski definition) is 8. The third kappa shape index (κ3) is 6.35. The highest BCUT2D eigenvalue weighted by atomic mass is 19.1. The molecule has 1 saturated carbocycles. The van der Waals surface area contributed by atoms with Gasteiger partial charge in [0.05, 0.1) is 7.11 Å². The van der Waals surface area contributed by atoms with E-state index in [1.54, 1.807) is 13.1 Å². The lowest BCUT2D eigenvalue weighted by Crippen LogP contribution is -2.29. The van der Waals surface area contributed by atoms with Gasteiger partial charge in [0.2, 0.25) is 23.8 Å². The van der Waals surface area contributed by atoms with E-state index in [-0.39, 0.29) is 36.4 Å². The van der Waals surface area contributed by atoms with Crippen molar-refractivity contribution in [3.63, 3.8) is 0 Å². The maximum Gasteiger partial charge on any atom is 0.238 e. The topological polar surface area (TPSA) is 109 Å². The number of benzene rings is 1. The van der Waals surface area contributed by atoms with Crippen LogP contribution in [0, 0.1) is 11.7 Å². The molecule has 2 aromatic rings. The van der Waals surface area contributed by atoms with E-state index >= 15 is 0 Å². The first-order valence-electron chi connectivity index (χ1n) is 10.8. The van der Waals surface area contributed by atoms with E-state index in [9.17, 15) is 14.0 Å². The number of hydrogen-bond donors (Lipinski definition) is 2. The molecule has 1 heterocycles. The van der Waals surface area contributed by atoms with Gasteiger partial charge in [-0.25, -0.2) is 4.39 Å². The molecular weight excluding hydrogens is 415 g/mol. The van der Waals surface area contributed by atoms with Gasteiger partial charge in [0.15, 0.2) is 11.6 Å². The van der Waals surface area contributed by atoms with Crippen LogP contribution in [-0.4, -0.2) is 47.8 Å². The molecule has 9 nitrogen and oxygen atoms in total. The molecule has 0 atom stereocenters. The molecule has 0 spiro atoms. The number of carbonyl (C=O) groups excluding carboxylic acids is 2. The van der Waals surface area contributed by atoms with Gasteiger partial charge < -0.3 is 20.2 Å². The number of aldehydes is 1. The molecule has 1 amide bonds. The van der Waals surface area contributed by atoms with Crippen molar-refractivity contribution in [2.75, 3.05) is 36.2 Å². The Balaban J connectivity index is 1.82. The van der Waals surface area contributed by atoms with Gasteiger partial charge in [-0.15, -0.1) is 0 Å². The predicted octanol–water partition coefficient (Wildman–Crippen LogP) is 3.70. The summed E-state index contributed by atoms with van der Waals surface area (Å²) in [6.45, 7) is 0.725. The van der Waals surface area contributed by atoms with E-state index in [0.717, 1.165) is 19.4 Å². The molecule has 1 aliphatic carbocycles. The average Bonchev–Trinajstić information content (AvgIpc) is 2.81. The summed E-state index contributed by atoms with van der Waals surface area (Å²) >= 11 is 0. The van der Waals surface area contributed by atoms with Crippen molar-refractivity contribution in [2.24, 2.45) is 5.92 Å². The minimum Gasteiger partial charge on any atom is -0.494 e.